The van der Waals surface area contributed by atoms with Crippen LogP contribution in [-0.2, 0) is 0 Å². The van der Waals surface area contributed by atoms with Crippen molar-refractivity contribution >= 4 is 5.69 Å². The van der Waals surface area contributed by atoms with Gasteiger partial charge in [0.05, 0.1) is 19.1 Å². The summed E-state index contributed by atoms with van der Waals surface area (Å²) in [5.74, 6) is 0.504. The van der Waals surface area contributed by atoms with Crippen LogP contribution in [0.2, 0.25) is 0 Å². The Labute approximate surface area is 106 Å². The van der Waals surface area contributed by atoms with Gasteiger partial charge in [-0.25, -0.2) is 0 Å². The van der Waals surface area contributed by atoms with Crippen LogP contribution in [0, 0.1) is 11.3 Å². The number of ether oxygens (including phenoxy) is 1. The number of hydrogen-bond donors (Lipinski definition) is 1. The minimum atomic E-state index is -0.281. The largest absolute Gasteiger partial charge is 0.497 e. The molecule has 3 nitrogen and oxygen atoms in total. The third kappa shape index (κ3) is 2.44. The molecule has 0 aliphatic rings. The van der Waals surface area contributed by atoms with Crippen molar-refractivity contribution in [3.8, 4) is 11.8 Å². The molecule has 0 radical (unpaired) electrons. The Hall–Kier alpha value is -2.47. The van der Waals surface area contributed by atoms with E-state index in [2.05, 4.69) is 6.07 Å². The third-order valence-electron chi connectivity index (χ3n) is 2.85. The number of nitrogen functional groups attached to an aromatic ring is 1. The predicted octanol–water partition coefficient (Wildman–Crippen LogP) is 2.93. The number of anilines is 1. The van der Waals surface area contributed by atoms with Gasteiger partial charge < -0.3 is 10.5 Å². The van der Waals surface area contributed by atoms with E-state index in [0.29, 0.717) is 5.69 Å². The lowest BCUT2D eigenvalue weighted by Crippen LogP contribution is -1.98. The zero-order valence-electron chi connectivity index (χ0n) is 10.1. The zero-order chi connectivity index (χ0) is 13.0. The number of hydrogen-bond acceptors (Lipinski definition) is 3. The molecule has 2 N–H and O–H groups in total. The summed E-state index contributed by atoms with van der Waals surface area (Å²) >= 11 is 0. The van der Waals surface area contributed by atoms with Crippen molar-refractivity contribution in [1.29, 1.82) is 5.26 Å². The minimum Gasteiger partial charge on any atom is -0.497 e. The maximum atomic E-state index is 9.32. The van der Waals surface area contributed by atoms with Gasteiger partial charge >= 0.3 is 0 Å². The van der Waals surface area contributed by atoms with Crippen LogP contribution in [0.4, 0.5) is 5.69 Å². The van der Waals surface area contributed by atoms with Crippen LogP contribution in [0.25, 0.3) is 0 Å². The molecule has 0 spiro atoms. The van der Waals surface area contributed by atoms with Crippen molar-refractivity contribution in [2.45, 2.75) is 5.92 Å². The van der Waals surface area contributed by atoms with E-state index in [0.717, 1.165) is 16.9 Å². The first kappa shape index (κ1) is 12.0. The lowest BCUT2D eigenvalue weighted by molar-refractivity contribution is 0.414. The van der Waals surface area contributed by atoms with E-state index in [1.165, 1.54) is 0 Å². The second kappa shape index (κ2) is 5.24. The van der Waals surface area contributed by atoms with Crippen LogP contribution in [0.5, 0.6) is 5.75 Å². The van der Waals surface area contributed by atoms with Gasteiger partial charge in [0.2, 0.25) is 0 Å². The van der Waals surface area contributed by atoms with Crippen molar-refractivity contribution in [2.75, 3.05) is 12.8 Å². The molecule has 1 atom stereocenters. The van der Waals surface area contributed by atoms with Gasteiger partial charge in [0.25, 0.3) is 0 Å². The highest BCUT2D eigenvalue weighted by Crippen LogP contribution is 2.26. The van der Waals surface area contributed by atoms with Crippen LogP contribution < -0.4 is 10.5 Å². The molecule has 0 bridgehead atoms. The van der Waals surface area contributed by atoms with Gasteiger partial charge in [0, 0.05) is 5.69 Å². The van der Waals surface area contributed by atoms with Crippen LogP contribution in [0.3, 0.4) is 0 Å². The quantitative estimate of drug-likeness (QED) is 0.836. The molecule has 3 heteroatoms. The second-order valence-electron chi connectivity index (χ2n) is 4.00. The first-order chi connectivity index (χ1) is 8.74. The molecule has 0 aromatic heterocycles. The topological polar surface area (TPSA) is 59.0 Å². The van der Waals surface area contributed by atoms with Crippen LogP contribution in [-0.4, -0.2) is 7.11 Å². The van der Waals surface area contributed by atoms with Crippen LogP contribution >= 0.6 is 0 Å². The molecule has 1 unspecified atom stereocenters. The standard InChI is InChI=1S/C15H14N2O/c1-18-14-8-4-12(5-9-14)15(10-16)11-2-6-13(17)7-3-11/h2-9,15H,17H2,1H3. The van der Waals surface area contributed by atoms with E-state index in [-0.39, 0.29) is 5.92 Å². The third-order valence-corrected chi connectivity index (χ3v) is 2.85. The summed E-state index contributed by atoms with van der Waals surface area (Å²) in [6, 6.07) is 17.2. The monoisotopic (exact) mass is 238 g/mol. The molecule has 0 aliphatic heterocycles. The summed E-state index contributed by atoms with van der Waals surface area (Å²) in [4.78, 5) is 0. The smallest absolute Gasteiger partial charge is 0.118 e. The number of nitrogens with two attached hydrogens (primary N) is 1. The fraction of sp³-hybridized carbons (Fsp3) is 0.133. The van der Waals surface area contributed by atoms with Gasteiger partial charge in [-0.3, -0.25) is 0 Å². The Morgan fingerprint density at radius 2 is 1.50 bits per heavy atom. The summed E-state index contributed by atoms with van der Waals surface area (Å²) in [5.41, 5.74) is 8.23. The Morgan fingerprint density at radius 1 is 1.00 bits per heavy atom. The molecule has 2 rings (SSSR count). The Balaban J connectivity index is 2.33. The summed E-state index contributed by atoms with van der Waals surface area (Å²) in [6.45, 7) is 0. The van der Waals surface area contributed by atoms with Crippen molar-refractivity contribution in [2.24, 2.45) is 0 Å². The molecule has 90 valence electrons. The minimum absolute atomic E-state index is 0.281. The highest BCUT2D eigenvalue weighted by molar-refractivity contribution is 5.45. The predicted molar refractivity (Wildman–Crippen MR) is 71.3 cm³/mol. The number of methoxy groups -OCH3 is 1. The fourth-order valence-corrected chi connectivity index (χ4v) is 1.83. The molecule has 0 aliphatic carbocycles. The first-order valence-corrected chi connectivity index (χ1v) is 5.63. The van der Waals surface area contributed by atoms with E-state index < -0.39 is 0 Å². The molecule has 0 saturated heterocycles. The highest BCUT2D eigenvalue weighted by atomic mass is 16.5. The maximum absolute atomic E-state index is 9.32. The van der Waals surface area contributed by atoms with Gasteiger partial charge in [-0.2, -0.15) is 5.26 Å². The molecule has 2 aromatic carbocycles. The number of benzene rings is 2. The molecular weight excluding hydrogens is 224 g/mol. The number of nitriles is 1. The van der Waals surface area contributed by atoms with Gasteiger partial charge in [-0.15, -0.1) is 0 Å². The van der Waals surface area contributed by atoms with E-state index in [1.54, 1.807) is 7.11 Å². The number of nitrogens with zero attached hydrogens (tertiary/aromatic N) is 1. The van der Waals surface area contributed by atoms with Crippen molar-refractivity contribution in [3.05, 3.63) is 59.7 Å². The molecular formula is C15H14N2O. The molecule has 0 saturated carbocycles. The molecule has 0 amide bonds. The van der Waals surface area contributed by atoms with E-state index in [4.69, 9.17) is 10.5 Å². The van der Waals surface area contributed by atoms with Gasteiger partial charge in [0.1, 0.15) is 5.75 Å². The summed E-state index contributed by atoms with van der Waals surface area (Å²) < 4.78 is 5.10. The average Bonchev–Trinajstić information content (AvgIpc) is 2.42. The lowest BCUT2D eigenvalue weighted by Gasteiger charge is -2.10. The molecule has 0 heterocycles. The Bertz CT molecular complexity index is 553. The van der Waals surface area contributed by atoms with Crippen molar-refractivity contribution in [1.82, 2.24) is 0 Å². The fourth-order valence-electron chi connectivity index (χ4n) is 1.83. The molecule has 0 fully saturated rings. The summed E-state index contributed by atoms with van der Waals surface area (Å²) in [5, 5.41) is 9.32. The Morgan fingerprint density at radius 3 is 1.94 bits per heavy atom. The van der Waals surface area contributed by atoms with Crippen molar-refractivity contribution in [3.63, 3.8) is 0 Å². The molecule has 2 aromatic rings. The van der Waals surface area contributed by atoms with E-state index in [9.17, 15) is 5.26 Å². The SMILES string of the molecule is COc1ccc(C(C#N)c2ccc(N)cc2)cc1. The summed E-state index contributed by atoms with van der Waals surface area (Å²) in [7, 11) is 1.62. The maximum Gasteiger partial charge on any atom is 0.118 e. The van der Waals surface area contributed by atoms with Crippen molar-refractivity contribution < 1.29 is 4.74 Å². The molecule has 18 heavy (non-hydrogen) atoms. The second-order valence-corrected chi connectivity index (χ2v) is 4.00. The van der Waals surface area contributed by atoms with E-state index in [1.807, 2.05) is 48.5 Å². The first-order valence-electron chi connectivity index (χ1n) is 5.63. The van der Waals surface area contributed by atoms with Crippen LogP contribution in [0.15, 0.2) is 48.5 Å². The van der Waals surface area contributed by atoms with Crippen LogP contribution in [0.1, 0.15) is 17.0 Å². The van der Waals surface area contributed by atoms with Gasteiger partial charge in [0.15, 0.2) is 0 Å². The number of rotatable bonds is 3. The van der Waals surface area contributed by atoms with Gasteiger partial charge in [-0.05, 0) is 35.4 Å². The summed E-state index contributed by atoms with van der Waals surface area (Å²) in [6.07, 6.45) is 0. The normalized spacial score (nSPS) is 11.6. The lowest BCUT2D eigenvalue weighted by atomic mass is 9.92. The Kier molecular flexibility index (Phi) is 3.49. The highest BCUT2D eigenvalue weighted by Gasteiger charge is 2.12. The van der Waals surface area contributed by atoms with E-state index >= 15 is 0 Å². The zero-order valence-corrected chi connectivity index (χ0v) is 10.1. The van der Waals surface area contributed by atoms with Gasteiger partial charge in [-0.1, -0.05) is 24.3 Å². The average molecular weight is 238 g/mol.